The van der Waals surface area contributed by atoms with Gasteiger partial charge >= 0.3 is 0 Å². The molecule has 0 unspecified atom stereocenters. The molecule has 0 atom stereocenters. The van der Waals surface area contributed by atoms with Gasteiger partial charge in [0, 0.05) is 6.54 Å². The lowest BCUT2D eigenvalue weighted by Crippen LogP contribution is -2.38. The van der Waals surface area contributed by atoms with Gasteiger partial charge in [-0.3, -0.25) is 9.03 Å². The number of para-hydroxylation sites is 1. The van der Waals surface area contributed by atoms with Crippen LogP contribution in [0.4, 0.5) is 11.4 Å². The lowest BCUT2D eigenvalue weighted by Gasteiger charge is -2.30. The number of nitrogens with one attached hydrogen (secondary N) is 1. The standard InChI is InChI=1S/C20H26N2O4S2/c1-4-17-9-5-6-10-18(17)21-28(25,26)20-14-15(2)19(13-16(20)3)22-11-7-8-12-27(22,23)24/h5-6,9-10,13-14,21H,4,7-8,11-12H2,1-3H3. The van der Waals surface area contributed by atoms with E-state index in [9.17, 15) is 16.8 Å². The number of rotatable bonds is 5. The molecule has 1 saturated heterocycles. The lowest BCUT2D eigenvalue weighted by atomic mass is 10.1. The molecule has 28 heavy (non-hydrogen) atoms. The zero-order valence-corrected chi connectivity index (χ0v) is 18.0. The average Bonchev–Trinajstić information content (AvgIpc) is 2.63. The van der Waals surface area contributed by atoms with Crippen LogP contribution in [0.1, 0.15) is 36.5 Å². The molecule has 0 saturated carbocycles. The molecule has 2 aromatic carbocycles. The summed E-state index contributed by atoms with van der Waals surface area (Å²) in [5.74, 6) is 0.126. The van der Waals surface area contributed by atoms with E-state index in [-0.39, 0.29) is 10.6 Å². The molecule has 8 heteroatoms. The van der Waals surface area contributed by atoms with Gasteiger partial charge in [0.1, 0.15) is 0 Å². The number of hydrogen-bond donors (Lipinski definition) is 1. The average molecular weight is 423 g/mol. The van der Waals surface area contributed by atoms with Gasteiger partial charge in [-0.2, -0.15) is 0 Å². The van der Waals surface area contributed by atoms with E-state index in [0.717, 1.165) is 12.0 Å². The zero-order chi connectivity index (χ0) is 20.5. The number of sulfonamides is 2. The van der Waals surface area contributed by atoms with Crippen LogP contribution < -0.4 is 9.03 Å². The summed E-state index contributed by atoms with van der Waals surface area (Å²) in [5.41, 5.74) is 3.18. The number of aryl methyl sites for hydroxylation is 3. The molecule has 0 bridgehead atoms. The number of benzene rings is 2. The Kier molecular flexibility index (Phi) is 5.72. The monoisotopic (exact) mass is 422 g/mol. The van der Waals surface area contributed by atoms with Crippen LogP contribution in [-0.2, 0) is 26.5 Å². The Morgan fingerprint density at radius 1 is 1.07 bits per heavy atom. The van der Waals surface area contributed by atoms with Crippen LogP contribution in [-0.4, -0.2) is 29.1 Å². The largest absolute Gasteiger partial charge is 0.279 e. The highest BCUT2D eigenvalue weighted by molar-refractivity contribution is 7.93. The zero-order valence-electron chi connectivity index (χ0n) is 16.4. The first-order valence-electron chi connectivity index (χ1n) is 9.38. The van der Waals surface area contributed by atoms with Crippen LogP contribution in [0.3, 0.4) is 0 Å². The van der Waals surface area contributed by atoms with Gasteiger partial charge in [-0.1, -0.05) is 25.1 Å². The maximum atomic E-state index is 13.0. The van der Waals surface area contributed by atoms with Gasteiger partial charge in [0.2, 0.25) is 10.0 Å². The van der Waals surface area contributed by atoms with E-state index in [4.69, 9.17) is 0 Å². The summed E-state index contributed by atoms with van der Waals surface area (Å²) in [5, 5.41) is 0. The van der Waals surface area contributed by atoms with Crippen molar-refractivity contribution in [2.24, 2.45) is 0 Å². The maximum Gasteiger partial charge on any atom is 0.262 e. The van der Waals surface area contributed by atoms with Crippen molar-refractivity contribution in [3.05, 3.63) is 53.1 Å². The molecular weight excluding hydrogens is 396 g/mol. The van der Waals surface area contributed by atoms with Crippen LogP contribution in [0.25, 0.3) is 0 Å². The van der Waals surface area contributed by atoms with Crippen molar-refractivity contribution in [1.82, 2.24) is 0 Å². The van der Waals surface area contributed by atoms with Crippen molar-refractivity contribution >= 4 is 31.4 Å². The van der Waals surface area contributed by atoms with E-state index in [1.807, 2.05) is 19.1 Å². The first-order chi connectivity index (χ1) is 13.2. The second kappa shape index (κ2) is 7.75. The summed E-state index contributed by atoms with van der Waals surface area (Å²) < 4.78 is 55.0. The van der Waals surface area contributed by atoms with Gasteiger partial charge in [0.15, 0.2) is 0 Å². The van der Waals surface area contributed by atoms with E-state index in [0.29, 0.717) is 41.9 Å². The topological polar surface area (TPSA) is 83.6 Å². The lowest BCUT2D eigenvalue weighted by molar-refractivity contribution is 0.574. The molecule has 0 radical (unpaired) electrons. The highest BCUT2D eigenvalue weighted by Crippen LogP contribution is 2.32. The summed E-state index contributed by atoms with van der Waals surface area (Å²) in [6.45, 7) is 5.84. The first kappa shape index (κ1) is 20.7. The first-order valence-corrected chi connectivity index (χ1v) is 12.5. The quantitative estimate of drug-likeness (QED) is 0.798. The smallest absolute Gasteiger partial charge is 0.262 e. The molecule has 3 rings (SSSR count). The van der Waals surface area contributed by atoms with Gasteiger partial charge in [-0.05, 0) is 68.0 Å². The molecule has 1 N–H and O–H groups in total. The summed E-state index contributed by atoms with van der Waals surface area (Å²) in [4.78, 5) is 0.161. The SMILES string of the molecule is CCc1ccccc1NS(=O)(=O)c1cc(C)c(N2CCCCS2(=O)=O)cc1C. The van der Waals surface area contributed by atoms with Gasteiger partial charge in [-0.25, -0.2) is 16.8 Å². The molecule has 152 valence electrons. The molecular formula is C20H26N2O4S2. The van der Waals surface area contributed by atoms with E-state index in [1.165, 1.54) is 4.31 Å². The van der Waals surface area contributed by atoms with Crippen LogP contribution in [0.5, 0.6) is 0 Å². The minimum Gasteiger partial charge on any atom is -0.279 e. The van der Waals surface area contributed by atoms with Crippen molar-refractivity contribution in [2.75, 3.05) is 21.3 Å². The Balaban J connectivity index is 2.00. The molecule has 1 aliphatic rings. The second-order valence-electron chi connectivity index (χ2n) is 7.12. The summed E-state index contributed by atoms with van der Waals surface area (Å²) in [6.07, 6.45) is 2.17. The van der Waals surface area contributed by atoms with Crippen molar-refractivity contribution in [3.8, 4) is 0 Å². The Hall–Kier alpha value is -2.06. The normalized spacial score (nSPS) is 16.8. The Labute approximate surface area is 167 Å². The minimum atomic E-state index is -3.79. The molecule has 1 fully saturated rings. The highest BCUT2D eigenvalue weighted by atomic mass is 32.2. The maximum absolute atomic E-state index is 13.0. The predicted octanol–water partition coefficient (Wildman–Crippen LogP) is 3.60. The van der Waals surface area contributed by atoms with Gasteiger partial charge in [0.05, 0.1) is 22.0 Å². The fraction of sp³-hybridized carbons (Fsp3) is 0.400. The van der Waals surface area contributed by atoms with Gasteiger partial charge < -0.3 is 0 Å². The molecule has 6 nitrogen and oxygen atoms in total. The molecule has 0 amide bonds. The number of anilines is 2. The third-order valence-electron chi connectivity index (χ3n) is 5.04. The second-order valence-corrected chi connectivity index (χ2v) is 10.8. The highest BCUT2D eigenvalue weighted by Gasteiger charge is 2.29. The fourth-order valence-electron chi connectivity index (χ4n) is 3.52. The molecule has 1 heterocycles. The van der Waals surface area contributed by atoms with Crippen LogP contribution in [0.15, 0.2) is 41.3 Å². The fourth-order valence-corrected chi connectivity index (χ4v) is 6.63. The third-order valence-corrected chi connectivity index (χ3v) is 8.41. The van der Waals surface area contributed by atoms with E-state index < -0.39 is 20.0 Å². The van der Waals surface area contributed by atoms with Crippen LogP contribution in [0, 0.1) is 13.8 Å². The molecule has 1 aliphatic heterocycles. The van der Waals surface area contributed by atoms with Crippen molar-refractivity contribution in [2.45, 2.75) is 44.9 Å². The number of hydrogen-bond acceptors (Lipinski definition) is 4. The van der Waals surface area contributed by atoms with Crippen LogP contribution >= 0.6 is 0 Å². The third kappa shape index (κ3) is 4.03. The van der Waals surface area contributed by atoms with Crippen molar-refractivity contribution in [3.63, 3.8) is 0 Å². The van der Waals surface area contributed by atoms with Gasteiger partial charge in [0.25, 0.3) is 10.0 Å². The molecule has 0 aliphatic carbocycles. The van der Waals surface area contributed by atoms with E-state index >= 15 is 0 Å². The Bertz CT molecular complexity index is 1090. The summed E-state index contributed by atoms with van der Waals surface area (Å²) in [6, 6.07) is 10.5. The van der Waals surface area contributed by atoms with E-state index in [2.05, 4.69) is 4.72 Å². The minimum absolute atomic E-state index is 0.126. The van der Waals surface area contributed by atoms with Gasteiger partial charge in [-0.15, -0.1) is 0 Å². The van der Waals surface area contributed by atoms with Crippen molar-refractivity contribution < 1.29 is 16.8 Å². The Morgan fingerprint density at radius 2 is 1.79 bits per heavy atom. The summed E-state index contributed by atoms with van der Waals surface area (Å²) >= 11 is 0. The predicted molar refractivity (Wildman–Crippen MR) is 113 cm³/mol. The molecule has 0 aromatic heterocycles. The molecule has 0 spiro atoms. The number of nitrogens with zero attached hydrogens (tertiary/aromatic N) is 1. The van der Waals surface area contributed by atoms with Crippen molar-refractivity contribution in [1.29, 1.82) is 0 Å². The summed E-state index contributed by atoms with van der Waals surface area (Å²) in [7, 11) is -7.15. The van der Waals surface area contributed by atoms with Crippen LogP contribution in [0.2, 0.25) is 0 Å². The molecule has 2 aromatic rings. The van der Waals surface area contributed by atoms with E-state index in [1.54, 1.807) is 38.1 Å². The Morgan fingerprint density at radius 3 is 2.46 bits per heavy atom.